The number of hydrogen-bond donors (Lipinski definition) is 2. The summed E-state index contributed by atoms with van der Waals surface area (Å²) in [5, 5.41) is 6.29. The Labute approximate surface area is 245 Å². The highest BCUT2D eigenvalue weighted by molar-refractivity contribution is 7.98. The molecule has 11 heteroatoms. The molecule has 41 heavy (non-hydrogen) atoms. The number of anilines is 1. The van der Waals surface area contributed by atoms with Crippen LogP contribution in [0.15, 0.2) is 29.1 Å². The van der Waals surface area contributed by atoms with Gasteiger partial charge in [0.1, 0.15) is 6.04 Å². The van der Waals surface area contributed by atoms with Crippen LogP contribution in [-0.2, 0) is 20.7 Å². The third-order valence-corrected chi connectivity index (χ3v) is 8.12. The maximum Gasteiger partial charge on any atom is 0.245 e. The van der Waals surface area contributed by atoms with Gasteiger partial charge in [0.25, 0.3) is 0 Å². The van der Waals surface area contributed by atoms with Crippen molar-refractivity contribution >= 4 is 29.3 Å². The van der Waals surface area contributed by atoms with E-state index in [4.69, 9.17) is 18.9 Å². The smallest absolute Gasteiger partial charge is 0.245 e. The zero-order chi connectivity index (χ0) is 29.5. The lowest BCUT2D eigenvalue weighted by molar-refractivity contribution is -0.136. The second kappa shape index (κ2) is 14.0. The summed E-state index contributed by atoms with van der Waals surface area (Å²) in [4.78, 5) is 41.2. The van der Waals surface area contributed by atoms with Gasteiger partial charge in [-0.05, 0) is 66.2 Å². The van der Waals surface area contributed by atoms with E-state index in [1.165, 1.54) is 6.92 Å². The number of carbonyl (C=O) groups excluding carboxylic acids is 2. The minimum Gasteiger partial charge on any atom is -0.493 e. The highest BCUT2D eigenvalue weighted by Gasteiger charge is 2.30. The maximum atomic E-state index is 13.7. The van der Waals surface area contributed by atoms with Gasteiger partial charge in [0.05, 0.1) is 46.3 Å². The molecule has 2 aromatic carbocycles. The number of thioether (sulfide) groups is 1. The molecular weight excluding hydrogens is 546 g/mol. The number of rotatable bonds is 10. The minimum atomic E-state index is -0.562. The van der Waals surface area contributed by atoms with Crippen LogP contribution in [0.25, 0.3) is 11.1 Å². The largest absolute Gasteiger partial charge is 0.493 e. The van der Waals surface area contributed by atoms with E-state index in [2.05, 4.69) is 10.6 Å². The second-order valence-electron chi connectivity index (χ2n) is 10.0. The molecule has 1 saturated heterocycles. The van der Waals surface area contributed by atoms with Gasteiger partial charge in [0.15, 0.2) is 11.5 Å². The van der Waals surface area contributed by atoms with Crippen molar-refractivity contribution < 1.29 is 28.5 Å². The average Bonchev–Trinajstić information content (AvgIpc) is 3.22. The standard InChI is InChI=1S/C30H39N3O7S/c1-18(34)31-22-8-6-19-16-26(37-2)28(38-3)29(39-4)27(19)20-7-9-23(25(35)17-21(20)22)32-24(10-15-41-5)30(36)33-11-13-40-14-12-33/h7,9,16-17,22,24H,6,8,10-15H2,1-5H3,(H,31,34)(H,32,35). The van der Waals surface area contributed by atoms with E-state index < -0.39 is 12.1 Å². The number of morpholine rings is 1. The lowest BCUT2D eigenvalue weighted by Gasteiger charge is -2.31. The van der Waals surface area contributed by atoms with Crippen molar-refractivity contribution in [3.8, 4) is 28.4 Å². The predicted molar refractivity (Wildman–Crippen MR) is 160 cm³/mol. The van der Waals surface area contributed by atoms with Gasteiger partial charge < -0.3 is 34.5 Å². The second-order valence-corrected chi connectivity index (χ2v) is 11.0. The number of ether oxygens (including phenoxy) is 4. The Kier molecular flexibility index (Phi) is 10.4. The van der Waals surface area contributed by atoms with Crippen molar-refractivity contribution in [1.29, 1.82) is 0 Å². The molecule has 4 rings (SSSR count). The first-order chi connectivity index (χ1) is 19.8. The number of hydrogen-bond acceptors (Lipinski definition) is 9. The summed E-state index contributed by atoms with van der Waals surface area (Å²) in [6.45, 7) is 3.52. The molecule has 1 aliphatic carbocycles. The third-order valence-electron chi connectivity index (χ3n) is 7.48. The van der Waals surface area contributed by atoms with E-state index in [1.807, 2.05) is 18.4 Å². The van der Waals surface area contributed by atoms with Gasteiger partial charge in [-0.1, -0.05) is 6.07 Å². The van der Waals surface area contributed by atoms with E-state index in [-0.39, 0.29) is 17.2 Å². The molecule has 10 nitrogen and oxygen atoms in total. The summed E-state index contributed by atoms with van der Waals surface area (Å²) >= 11 is 1.65. The number of methoxy groups -OCH3 is 3. The van der Waals surface area contributed by atoms with Crippen molar-refractivity contribution in [2.24, 2.45) is 0 Å². The highest BCUT2D eigenvalue weighted by Crippen LogP contribution is 2.50. The fourth-order valence-corrected chi connectivity index (χ4v) is 5.98. The lowest BCUT2D eigenvalue weighted by atomic mass is 9.95. The Morgan fingerprint density at radius 2 is 1.83 bits per heavy atom. The van der Waals surface area contributed by atoms with Gasteiger partial charge in [0.2, 0.25) is 23.0 Å². The van der Waals surface area contributed by atoms with Crippen LogP contribution in [0.2, 0.25) is 0 Å². The van der Waals surface area contributed by atoms with Gasteiger partial charge in [-0.3, -0.25) is 14.4 Å². The molecule has 2 aromatic rings. The van der Waals surface area contributed by atoms with Crippen LogP contribution < -0.4 is 30.3 Å². The number of fused-ring (bicyclic) bond motifs is 3. The molecule has 0 saturated carbocycles. The van der Waals surface area contributed by atoms with Gasteiger partial charge in [-0.25, -0.2) is 0 Å². The Bertz CT molecular complexity index is 1330. The normalized spacial score (nSPS) is 16.9. The minimum absolute atomic E-state index is 0.0465. The van der Waals surface area contributed by atoms with Crippen LogP contribution in [0.4, 0.5) is 5.69 Å². The fourth-order valence-electron chi connectivity index (χ4n) is 5.51. The summed E-state index contributed by atoms with van der Waals surface area (Å²) in [6, 6.07) is 6.08. The average molecular weight is 586 g/mol. The molecule has 1 fully saturated rings. The summed E-state index contributed by atoms with van der Waals surface area (Å²) in [5.41, 5.74) is 3.17. The molecule has 0 radical (unpaired) electrons. The number of benzene rings is 1. The molecule has 0 aromatic heterocycles. The van der Waals surface area contributed by atoms with E-state index in [0.29, 0.717) is 74.1 Å². The zero-order valence-corrected chi connectivity index (χ0v) is 25.2. The molecule has 1 aliphatic heterocycles. The van der Waals surface area contributed by atoms with E-state index in [0.717, 1.165) is 22.4 Å². The van der Waals surface area contributed by atoms with Gasteiger partial charge in [0, 0.05) is 25.6 Å². The van der Waals surface area contributed by atoms with Gasteiger partial charge >= 0.3 is 0 Å². The van der Waals surface area contributed by atoms with E-state index >= 15 is 0 Å². The Balaban J connectivity index is 1.86. The predicted octanol–water partition coefficient (Wildman–Crippen LogP) is 3.26. The summed E-state index contributed by atoms with van der Waals surface area (Å²) in [5.74, 6) is 1.98. The monoisotopic (exact) mass is 585 g/mol. The first kappa shape index (κ1) is 30.5. The molecule has 0 bridgehead atoms. The Morgan fingerprint density at radius 3 is 2.46 bits per heavy atom. The number of carbonyl (C=O) groups is 2. The molecule has 2 unspecified atom stereocenters. The third kappa shape index (κ3) is 6.73. The van der Waals surface area contributed by atoms with Crippen LogP contribution in [0.5, 0.6) is 17.2 Å². The van der Waals surface area contributed by atoms with E-state index in [9.17, 15) is 14.4 Å². The van der Waals surface area contributed by atoms with Crippen LogP contribution in [0.3, 0.4) is 0 Å². The van der Waals surface area contributed by atoms with Crippen LogP contribution in [0.1, 0.15) is 36.9 Å². The molecule has 0 spiro atoms. The first-order valence-corrected chi connectivity index (χ1v) is 15.1. The van der Waals surface area contributed by atoms with Crippen LogP contribution in [0, 0.1) is 0 Å². The fraction of sp³-hybridized carbons (Fsp3) is 0.500. The van der Waals surface area contributed by atoms with Crippen molar-refractivity contribution in [1.82, 2.24) is 10.2 Å². The van der Waals surface area contributed by atoms with Gasteiger partial charge in [-0.15, -0.1) is 0 Å². The van der Waals surface area contributed by atoms with Crippen molar-refractivity contribution in [2.45, 2.75) is 38.3 Å². The van der Waals surface area contributed by atoms with Crippen molar-refractivity contribution in [3.05, 3.63) is 45.6 Å². The Morgan fingerprint density at radius 1 is 1.10 bits per heavy atom. The maximum absolute atomic E-state index is 13.7. The topological polar surface area (TPSA) is 115 Å². The summed E-state index contributed by atoms with van der Waals surface area (Å²) in [7, 11) is 4.69. The summed E-state index contributed by atoms with van der Waals surface area (Å²) < 4.78 is 22.5. The van der Waals surface area contributed by atoms with Crippen molar-refractivity contribution in [2.75, 3.05) is 65.0 Å². The Hall–Kier alpha value is -3.44. The van der Waals surface area contributed by atoms with Gasteiger partial charge in [-0.2, -0.15) is 11.8 Å². The molecule has 2 amide bonds. The molecule has 222 valence electrons. The number of nitrogens with zero attached hydrogens (tertiary/aromatic N) is 1. The quantitative estimate of drug-likeness (QED) is 0.434. The van der Waals surface area contributed by atoms with Crippen LogP contribution >= 0.6 is 11.8 Å². The van der Waals surface area contributed by atoms with Crippen LogP contribution in [-0.4, -0.2) is 82.4 Å². The SMILES string of the molecule is COc1cc2c(c(OC)c1OC)-c1ccc(NC(CCSC)C(=O)N3CCOCC3)c(=O)cc1C(NC(C)=O)CC2. The van der Waals surface area contributed by atoms with Crippen molar-refractivity contribution in [3.63, 3.8) is 0 Å². The first-order valence-electron chi connectivity index (χ1n) is 13.7. The molecular formula is C30H39N3O7S. The number of aryl methyl sites for hydroxylation is 1. The molecule has 1 heterocycles. The molecule has 2 aliphatic rings. The highest BCUT2D eigenvalue weighted by atomic mass is 32.2. The number of amides is 2. The molecule has 2 atom stereocenters. The number of nitrogens with one attached hydrogen (secondary N) is 2. The molecule has 2 N–H and O–H groups in total. The summed E-state index contributed by atoms with van der Waals surface area (Å²) in [6.07, 6.45) is 3.73. The lowest BCUT2D eigenvalue weighted by Crippen LogP contribution is -2.48. The van der Waals surface area contributed by atoms with E-state index in [1.54, 1.807) is 50.1 Å². The zero-order valence-electron chi connectivity index (χ0n) is 24.3.